The molecule has 0 saturated carbocycles. The highest BCUT2D eigenvalue weighted by atomic mass is 16.5. The van der Waals surface area contributed by atoms with Crippen LogP contribution in [0.25, 0.3) is 0 Å². The van der Waals surface area contributed by atoms with Crippen molar-refractivity contribution in [2.75, 3.05) is 7.11 Å². The Kier molecular flexibility index (Phi) is 5.75. The fourth-order valence-electron chi connectivity index (χ4n) is 2.38. The van der Waals surface area contributed by atoms with Gasteiger partial charge in [-0.05, 0) is 28.9 Å². The maximum absolute atomic E-state index is 11.4. The van der Waals surface area contributed by atoms with Crippen LogP contribution in [0.4, 0.5) is 0 Å². The smallest absolute Gasteiger partial charge is 0.306 e. The molecule has 0 aliphatic heterocycles. The second-order valence-corrected chi connectivity index (χ2v) is 6.55. The molecule has 0 fully saturated rings. The molecule has 1 rings (SSSR count). The van der Waals surface area contributed by atoms with Crippen LogP contribution in [0.1, 0.15) is 63.6 Å². The lowest BCUT2D eigenvalue weighted by molar-refractivity contribution is -0.143. The minimum absolute atomic E-state index is 0.0594. The fourth-order valence-corrected chi connectivity index (χ4v) is 2.38. The summed E-state index contributed by atoms with van der Waals surface area (Å²) in [4.78, 5) is 11.4. The second kappa shape index (κ2) is 6.89. The van der Waals surface area contributed by atoms with Gasteiger partial charge in [-0.15, -0.1) is 0 Å². The van der Waals surface area contributed by atoms with Gasteiger partial charge in [0.25, 0.3) is 0 Å². The minimum atomic E-state index is -0.183. The van der Waals surface area contributed by atoms with E-state index in [1.165, 1.54) is 12.7 Å². The molecule has 0 aromatic heterocycles. The number of rotatable bonds is 6. The summed E-state index contributed by atoms with van der Waals surface area (Å²) >= 11 is 0. The Bertz CT molecular complexity index is 435. The zero-order valence-electron chi connectivity index (χ0n) is 13.3. The third-order valence-corrected chi connectivity index (χ3v) is 3.65. The molecule has 0 bridgehead atoms. The molecule has 3 nitrogen and oxygen atoms in total. The van der Waals surface area contributed by atoms with Crippen molar-refractivity contribution in [2.24, 2.45) is 11.1 Å². The molecule has 1 aromatic rings. The molecule has 0 amide bonds. The van der Waals surface area contributed by atoms with E-state index in [0.717, 1.165) is 12.0 Å². The summed E-state index contributed by atoms with van der Waals surface area (Å²) in [7, 11) is 1.42. The predicted molar refractivity (Wildman–Crippen MR) is 82.5 cm³/mol. The van der Waals surface area contributed by atoms with Crippen LogP contribution in [0.5, 0.6) is 0 Å². The molecular formula is C17H27NO2. The van der Waals surface area contributed by atoms with E-state index in [1.54, 1.807) is 0 Å². The minimum Gasteiger partial charge on any atom is -0.469 e. The topological polar surface area (TPSA) is 52.3 Å². The van der Waals surface area contributed by atoms with Crippen LogP contribution in [0, 0.1) is 5.41 Å². The van der Waals surface area contributed by atoms with Gasteiger partial charge in [0.2, 0.25) is 0 Å². The molecule has 1 unspecified atom stereocenters. The van der Waals surface area contributed by atoms with Gasteiger partial charge >= 0.3 is 5.97 Å². The van der Waals surface area contributed by atoms with E-state index < -0.39 is 0 Å². The van der Waals surface area contributed by atoms with Gasteiger partial charge in [0.05, 0.1) is 13.5 Å². The van der Waals surface area contributed by atoms with E-state index in [-0.39, 0.29) is 17.4 Å². The Hall–Kier alpha value is -1.35. The molecule has 20 heavy (non-hydrogen) atoms. The Morgan fingerprint density at radius 3 is 2.15 bits per heavy atom. The van der Waals surface area contributed by atoms with E-state index in [9.17, 15) is 4.79 Å². The molecule has 0 aliphatic rings. The van der Waals surface area contributed by atoms with Crippen LogP contribution in [0.15, 0.2) is 24.3 Å². The van der Waals surface area contributed by atoms with Gasteiger partial charge in [-0.1, -0.05) is 52.0 Å². The quantitative estimate of drug-likeness (QED) is 0.805. The number of carbonyl (C=O) groups is 1. The number of methoxy groups -OCH3 is 1. The summed E-state index contributed by atoms with van der Waals surface area (Å²) in [6, 6.07) is 8.39. The van der Waals surface area contributed by atoms with Crippen LogP contribution in [-0.4, -0.2) is 13.1 Å². The van der Waals surface area contributed by atoms with Crippen LogP contribution < -0.4 is 5.73 Å². The summed E-state index contributed by atoms with van der Waals surface area (Å²) < 4.78 is 4.74. The van der Waals surface area contributed by atoms with Gasteiger partial charge in [0.1, 0.15) is 0 Å². The first-order valence-corrected chi connectivity index (χ1v) is 7.17. The number of carbonyl (C=O) groups excluding carboxylic acids is 1. The van der Waals surface area contributed by atoms with Gasteiger partial charge in [-0.25, -0.2) is 0 Å². The first-order chi connectivity index (χ1) is 9.25. The molecular weight excluding hydrogens is 250 g/mol. The molecule has 0 heterocycles. The summed E-state index contributed by atoms with van der Waals surface area (Å²) in [5.74, 6) is 0.341. The average molecular weight is 277 g/mol. The number of hydrogen-bond donors (Lipinski definition) is 1. The van der Waals surface area contributed by atoms with Crippen molar-refractivity contribution >= 4 is 5.97 Å². The van der Waals surface area contributed by atoms with Crippen molar-refractivity contribution in [3.63, 3.8) is 0 Å². The van der Waals surface area contributed by atoms with Gasteiger partial charge < -0.3 is 10.5 Å². The summed E-state index contributed by atoms with van der Waals surface area (Å²) in [5.41, 5.74) is 8.54. The third kappa shape index (κ3) is 4.97. The van der Waals surface area contributed by atoms with Crippen LogP contribution in [0.3, 0.4) is 0 Å². The Labute approximate surface area is 122 Å². The van der Waals surface area contributed by atoms with Crippen LogP contribution >= 0.6 is 0 Å². The molecule has 1 aromatic carbocycles. The maximum atomic E-state index is 11.4. The fraction of sp³-hybridized carbons (Fsp3) is 0.588. The zero-order chi connectivity index (χ0) is 15.3. The first kappa shape index (κ1) is 16.7. The van der Waals surface area contributed by atoms with E-state index in [2.05, 4.69) is 38.1 Å². The highest BCUT2D eigenvalue weighted by Crippen LogP contribution is 2.32. The molecule has 112 valence electrons. The first-order valence-electron chi connectivity index (χ1n) is 7.17. The molecule has 0 spiro atoms. The number of hydrogen-bond acceptors (Lipinski definition) is 3. The number of nitrogens with two attached hydrogens (primary N) is 1. The largest absolute Gasteiger partial charge is 0.469 e. The number of ether oxygens (including phenoxy) is 1. The molecule has 0 aliphatic carbocycles. The van der Waals surface area contributed by atoms with Gasteiger partial charge in [-0.3, -0.25) is 4.79 Å². The summed E-state index contributed by atoms with van der Waals surface area (Å²) in [6.45, 7) is 8.45. The van der Waals surface area contributed by atoms with Crippen molar-refractivity contribution in [1.82, 2.24) is 0 Å². The van der Waals surface area contributed by atoms with E-state index in [0.29, 0.717) is 12.3 Å². The monoisotopic (exact) mass is 277 g/mol. The van der Waals surface area contributed by atoms with Gasteiger partial charge in [0, 0.05) is 6.04 Å². The molecule has 0 radical (unpaired) electrons. The molecule has 2 N–H and O–H groups in total. The lowest BCUT2D eigenvalue weighted by atomic mass is 9.81. The van der Waals surface area contributed by atoms with Crippen molar-refractivity contribution in [3.05, 3.63) is 35.4 Å². The highest BCUT2D eigenvalue weighted by molar-refractivity contribution is 5.69. The second-order valence-electron chi connectivity index (χ2n) is 6.55. The third-order valence-electron chi connectivity index (χ3n) is 3.65. The standard InChI is InChI=1S/C17H27NO2/c1-12(2)13-6-8-14(9-7-13)15(18)10-17(3,4)11-16(19)20-5/h6-9,12,15H,10-11,18H2,1-5H3. The molecule has 0 saturated heterocycles. The Morgan fingerprint density at radius 2 is 1.70 bits per heavy atom. The SMILES string of the molecule is COC(=O)CC(C)(C)CC(N)c1ccc(C(C)C)cc1. The number of esters is 1. The lowest BCUT2D eigenvalue weighted by Gasteiger charge is -2.27. The Balaban J connectivity index is 2.70. The normalized spacial score (nSPS) is 13.3. The van der Waals surface area contributed by atoms with Crippen molar-refractivity contribution < 1.29 is 9.53 Å². The average Bonchev–Trinajstić information content (AvgIpc) is 2.37. The van der Waals surface area contributed by atoms with E-state index >= 15 is 0 Å². The number of benzene rings is 1. The van der Waals surface area contributed by atoms with Crippen LogP contribution in [0.2, 0.25) is 0 Å². The van der Waals surface area contributed by atoms with Gasteiger partial charge in [-0.2, -0.15) is 0 Å². The summed E-state index contributed by atoms with van der Waals surface area (Å²) in [5, 5.41) is 0. The zero-order valence-corrected chi connectivity index (χ0v) is 13.3. The Morgan fingerprint density at radius 1 is 1.20 bits per heavy atom. The molecule has 3 heteroatoms. The molecule has 1 atom stereocenters. The van der Waals surface area contributed by atoms with Crippen molar-refractivity contribution in [2.45, 2.75) is 52.5 Å². The highest BCUT2D eigenvalue weighted by Gasteiger charge is 2.25. The lowest BCUT2D eigenvalue weighted by Crippen LogP contribution is -2.24. The maximum Gasteiger partial charge on any atom is 0.306 e. The van der Waals surface area contributed by atoms with E-state index in [4.69, 9.17) is 10.5 Å². The van der Waals surface area contributed by atoms with E-state index in [1.807, 2.05) is 13.8 Å². The van der Waals surface area contributed by atoms with Crippen molar-refractivity contribution in [3.8, 4) is 0 Å². The summed E-state index contributed by atoms with van der Waals surface area (Å²) in [6.07, 6.45) is 1.14. The van der Waals surface area contributed by atoms with Gasteiger partial charge in [0.15, 0.2) is 0 Å². The van der Waals surface area contributed by atoms with Crippen molar-refractivity contribution in [1.29, 1.82) is 0 Å². The predicted octanol–water partition coefficient (Wildman–Crippen LogP) is 3.79. The van der Waals surface area contributed by atoms with Crippen LogP contribution in [-0.2, 0) is 9.53 Å².